The topological polar surface area (TPSA) is 20.2 Å². The molecule has 0 aliphatic rings. The number of benzene rings is 1. The van der Waals surface area contributed by atoms with Gasteiger partial charge in [0.15, 0.2) is 0 Å². The Bertz CT molecular complexity index is 499. The van der Waals surface area contributed by atoms with Crippen molar-refractivity contribution in [2.24, 2.45) is 5.92 Å². The van der Waals surface area contributed by atoms with Crippen LogP contribution in [-0.4, -0.2) is 10.9 Å². The Balaban J connectivity index is 2.48. The predicted octanol–water partition coefficient (Wildman–Crippen LogP) is 6.18. The molecule has 1 aromatic rings. The number of phenolic OH excluding ortho intramolecular Hbond substituents is 1. The molecule has 0 spiro atoms. The van der Waals surface area contributed by atoms with E-state index in [-0.39, 0.29) is 0 Å². The highest BCUT2D eigenvalue weighted by molar-refractivity contribution is 7.99. The van der Waals surface area contributed by atoms with Crippen molar-refractivity contribution in [3.63, 3.8) is 0 Å². The van der Waals surface area contributed by atoms with Crippen molar-refractivity contribution in [3.8, 4) is 5.75 Å². The van der Waals surface area contributed by atoms with E-state index in [9.17, 15) is 5.11 Å². The summed E-state index contributed by atoms with van der Waals surface area (Å²) in [6, 6.07) is 2.12. The van der Waals surface area contributed by atoms with Gasteiger partial charge < -0.3 is 5.11 Å². The van der Waals surface area contributed by atoms with E-state index in [0.717, 1.165) is 22.8 Å². The number of hydrogen-bond acceptors (Lipinski definition) is 2. The van der Waals surface area contributed by atoms with Crippen LogP contribution in [0.5, 0.6) is 5.75 Å². The van der Waals surface area contributed by atoms with E-state index in [1.54, 1.807) is 0 Å². The number of aromatic hydroxyl groups is 1. The van der Waals surface area contributed by atoms with Gasteiger partial charge in [-0.1, -0.05) is 18.6 Å². The van der Waals surface area contributed by atoms with E-state index in [1.807, 2.05) is 25.6 Å². The first kappa shape index (κ1) is 18.2. The Morgan fingerprint density at radius 2 is 1.86 bits per heavy atom. The second-order valence-corrected chi connectivity index (χ2v) is 7.53. The zero-order valence-corrected chi connectivity index (χ0v) is 15.2. The van der Waals surface area contributed by atoms with Crippen LogP contribution in [0.3, 0.4) is 0 Å². The molecule has 0 saturated carbocycles. The maximum absolute atomic E-state index is 9.95. The minimum atomic E-state index is 0.451. The molecule has 0 heterocycles. The number of phenols is 1. The van der Waals surface area contributed by atoms with Crippen LogP contribution in [0, 0.1) is 26.7 Å². The Kier molecular flexibility index (Phi) is 7.37. The molecule has 118 valence electrons. The lowest BCUT2D eigenvalue weighted by molar-refractivity contribution is 0.465. The van der Waals surface area contributed by atoms with Gasteiger partial charge in [-0.25, -0.2) is 0 Å². The fourth-order valence-electron chi connectivity index (χ4n) is 2.35. The molecule has 1 unspecified atom stereocenters. The summed E-state index contributed by atoms with van der Waals surface area (Å²) in [5.74, 6) is 2.38. The van der Waals surface area contributed by atoms with Gasteiger partial charge in [-0.15, -0.1) is 11.8 Å². The number of thioether (sulfide) groups is 1. The molecule has 1 atom stereocenters. The SMILES string of the molecule is CC(C)=CCCC(C)CCSc1cc(C)c(O)c(C)c1C. The first-order valence-electron chi connectivity index (χ1n) is 7.88. The van der Waals surface area contributed by atoms with Gasteiger partial charge in [-0.05, 0) is 88.3 Å². The summed E-state index contributed by atoms with van der Waals surface area (Å²) in [7, 11) is 0. The van der Waals surface area contributed by atoms with Crippen molar-refractivity contribution in [2.45, 2.75) is 65.7 Å². The van der Waals surface area contributed by atoms with E-state index in [0.29, 0.717) is 5.75 Å². The third kappa shape index (κ3) is 5.78. The van der Waals surface area contributed by atoms with E-state index >= 15 is 0 Å². The van der Waals surface area contributed by atoms with Gasteiger partial charge in [0.2, 0.25) is 0 Å². The van der Waals surface area contributed by atoms with Crippen molar-refractivity contribution in [1.29, 1.82) is 0 Å². The fourth-order valence-corrected chi connectivity index (χ4v) is 3.72. The molecule has 1 aromatic carbocycles. The number of allylic oxidation sites excluding steroid dienone is 2. The van der Waals surface area contributed by atoms with Gasteiger partial charge in [0.05, 0.1) is 0 Å². The molecule has 1 nitrogen and oxygen atoms in total. The van der Waals surface area contributed by atoms with Crippen molar-refractivity contribution >= 4 is 11.8 Å². The molecule has 0 aromatic heterocycles. The molecule has 0 amide bonds. The van der Waals surface area contributed by atoms with Crippen molar-refractivity contribution < 1.29 is 5.11 Å². The Labute approximate surface area is 134 Å². The second-order valence-electron chi connectivity index (χ2n) is 6.39. The largest absolute Gasteiger partial charge is 0.507 e. The summed E-state index contributed by atoms with van der Waals surface area (Å²) in [5.41, 5.74) is 4.65. The predicted molar refractivity (Wildman–Crippen MR) is 95.5 cm³/mol. The third-order valence-corrected chi connectivity index (χ3v) is 5.26. The summed E-state index contributed by atoms with van der Waals surface area (Å²) in [5, 5.41) is 9.95. The molecule has 2 heteroatoms. The van der Waals surface area contributed by atoms with Crippen LogP contribution in [0.15, 0.2) is 22.6 Å². The highest BCUT2D eigenvalue weighted by atomic mass is 32.2. The lowest BCUT2D eigenvalue weighted by atomic mass is 10.0. The monoisotopic (exact) mass is 306 g/mol. The molecule has 0 bridgehead atoms. The van der Waals surface area contributed by atoms with Crippen molar-refractivity contribution in [1.82, 2.24) is 0 Å². The highest BCUT2D eigenvalue weighted by Gasteiger charge is 2.10. The van der Waals surface area contributed by atoms with E-state index < -0.39 is 0 Å². The van der Waals surface area contributed by atoms with E-state index in [1.165, 1.54) is 35.3 Å². The lowest BCUT2D eigenvalue weighted by Gasteiger charge is -2.14. The highest BCUT2D eigenvalue weighted by Crippen LogP contribution is 2.33. The van der Waals surface area contributed by atoms with Crippen LogP contribution in [-0.2, 0) is 0 Å². The first-order chi connectivity index (χ1) is 9.82. The Hall–Kier alpha value is -0.890. The van der Waals surface area contributed by atoms with Gasteiger partial charge in [-0.2, -0.15) is 0 Å². The van der Waals surface area contributed by atoms with E-state index in [2.05, 4.69) is 39.8 Å². The van der Waals surface area contributed by atoms with Crippen LogP contribution in [0.25, 0.3) is 0 Å². The summed E-state index contributed by atoms with van der Waals surface area (Å²) in [6.45, 7) is 12.8. The average Bonchev–Trinajstić information content (AvgIpc) is 2.41. The summed E-state index contributed by atoms with van der Waals surface area (Å²) in [4.78, 5) is 1.32. The maximum Gasteiger partial charge on any atom is 0.121 e. The van der Waals surface area contributed by atoms with Crippen LogP contribution in [0.1, 0.15) is 56.7 Å². The minimum absolute atomic E-state index is 0.451. The lowest BCUT2D eigenvalue weighted by Crippen LogP contribution is -1.97. The molecule has 1 rings (SSSR count). The minimum Gasteiger partial charge on any atom is -0.507 e. The molecule has 1 N–H and O–H groups in total. The smallest absolute Gasteiger partial charge is 0.121 e. The molecule has 0 aliphatic carbocycles. The van der Waals surface area contributed by atoms with Gasteiger partial charge in [0.25, 0.3) is 0 Å². The molecular weight excluding hydrogens is 276 g/mol. The van der Waals surface area contributed by atoms with Crippen LogP contribution < -0.4 is 0 Å². The summed E-state index contributed by atoms with van der Waals surface area (Å²) < 4.78 is 0. The normalized spacial score (nSPS) is 12.3. The van der Waals surface area contributed by atoms with Crippen molar-refractivity contribution in [2.75, 3.05) is 5.75 Å². The Morgan fingerprint density at radius 3 is 2.48 bits per heavy atom. The maximum atomic E-state index is 9.95. The molecule has 0 saturated heterocycles. The number of aryl methyl sites for hydroxylation is 1. The van der Waals surface area contributed by atoms with Crippen LogP contribution in [0.4, 0.5) is 0 Å². The average molecular weight is 307 g/mol. The van der Waals surface area contributed by atoms with Gasteiger partial charge in [-0.3, -0.25) is 0 Å². The van der Waals surface area contributed by atoms with Gasteiger partial charge in [0.1, 0.15) is 5.75 Å². The zero-order chi connectivity index (χ0) is 16.0. The first-order valence-corrected chi connectivity index (χ1v) is 8.87. The molecule has 21 heavy (non-hydrogen) atoms. The van der Waals surface area contributed by atoms with Gasteiger partial charge >= 0.3 is 0 Å². The molecule has 0 radical (unpaired) electrons. The summed E-state index contributed by atoms with van der Waals surface area (Å²) >= 11 is 1.93. The van der Waals surface area contributed by atoms with Crippen LogP contribution in [0.2, 0.25) is 0 Å². The van der Waals surface area contributed by atoms with E-state index in [4.69, 9.17) is 0 Å². The second kappa shape index (κ2) is 8.53. The van der Waals surface area contributed by atoms with Gasteiger partial charge in [0, 0.05) is 4.90 Å². The van der Waals surface area contributed by atoms with Crippen molar-refractivity contribution in [3.05, 3.63) is 34.4 Å². The summed E-state index contributed by atoms with van der Waals surface area (Å²) in [6.07, 6.45) is 6.06. The quantitative estimate of drug-likeness (QED) is 0.479. The zero-order valence-electron chi connectivity index (χ0n) is 14.4. The molecule has 0 fully saturated rings. The number of hydrogen-bond donors (Lipinski definition) is 1. The van der Waals surface area contributed by atoms with Crippen LogP contribution >= 0.6 is 11.8 Å². The molecule has 0 aliphatic heterocycles. The fraction of sp³-hybridized carbons (Fsp3) is 0.579. The Morgan fingerprint density at radius 1 is 1.19 bits per heavy atom. The third-order valence-electron chi connectivity index (χ3n) is 4.09. The standard InChI is InChI=1S/C19H30OS/c1-13(2)8-7-9-14(3)10-11-21-18-12-15(4)19(20)17(6)16(18)5/h8,12,14,20H,7,9-11H2,1-6H3. The number of rotatable bonds is 7. The molecular formula is C19H30OS.